The van der Waals surface area contributed by atoms with Gasteiger partial charge in [-0.1, -0.05) is 53.7 Å². The van der Waals surface area contributed by atoms with Crippen molar-refractivity contribution in [3.63, 3.8) is 0 Å². The fraction of sp³-hybridized carbons (Fsp3) is 0.200. The first-order valence-electron chi connectivity index (χ1n) is 10.3. The monoisotopic (exact) mass is 452 g/mol. The van der Waals surface area contributed by atoms with Crippen molar-refractivity contribution in [2.24, 2.45) is 11.1 Å². The van der Waals surface area contributed by atoms with E-state index in [0.29, 0.717) is 22.8 Å². The zero-order chi connectivity index (χ0) is 23.5. The molecule has 3 rings (SSSR count). The number of oxime groups is 1. The molecule has 33 heavy (non-hydrogen) atoms. The average Bonchev–Trinajstić information content (AvgIpc) is 2.85. The number of carbonyl (C=O) groups is 1. The molecule has 0 bridgehead atoms. The fourth-order valence-corrected chi connectivity index (χ4v) is 3.02. The fourth-order valence-electron chi connectivity index (χ4n) is 3.02. The molecule has 3 aromatic carbocycles. The Morgan fingerprint density at radius 2 is 1.70 bits per heavy atom. The maximum atomic E-state index is 14.2. The van der Waals surface area contributed by atoms with Crippen molar-refractivity contribution >= 4 is 11.7 Å². The number of hydrogen-bond acceptors (Lipinski definition) is 7. The van der Waals surface area contributed by atoms with Gasteiger partial charge in [0.15, 0.2) is 0 Å². The van der Waals surface area contributed by atoms with E-state index in [0.717, 1.165) is 11.1 Å². The number of halogens is 1. The van der Waals surface area contributed by atoms with E-state index in [2.05, 4.69) is 9.99 Å². The Morgan fingerprint density at radius 3 is 2.36 bits per heavy atom. The van der Waals surface area contributed by atoms with Crippen molar-refractivity contribution in [3.8, 4) is 11.5 Å². The van der Waals surface area contributed by atoms with Crippen molar-refractivity contribution in [2.75, 3.05) is 13.7 Å². The van der Waals surface area contributed by atoms with Crippen molar-refractivity contribution in [2.45, 2.75) is 19.4 Å². The van der Waals surface area contributed by atoms with Gasteiger partial charge in [0.25, 0.3) is 0 Å². The molecule has 8 heteroatoms. The van der Waals surface area contributed by atoms with Crippen LogP contribution in [-0.2, 0) is 27.5 Å². The van der Waals surface area contributed by atoms with Gasteiger partial charge in [-0.15, -0.1) is 0 Å². The number of benzene rings is 3. The molecule has 7 nitrogen and oxygen atoms in total. The highest BCUT2D eigenvalue weighted by Gasteiger charge is 2.09. The van der Waals surface area contributed by atoms with E-state index in [1.54, 1.807) is 12.1 Å². The molecule has 0 saturated carbocycles. The Hall–Kier alpha value is -3.91. The van der Waals surface area contributed by atoms with E-state index >= 15 is 0 Å². The molecule has 0 amide bonds. The van der Waals surface area contributed by atoms with E-state index in [-0.39, 0.29) is 26.1 Å². The van der Waals surface area contributed by atoms with Crippen LogP contribution in [0, 0.1) is 5.82 Å². The van der Waals surface area contributed by atoms with Crippen LogP contribution >= 0.6 is 0 Å². The standard InChI is InChI=1S/C25H25FN2O5/c1-30-28-24(20-5-3-2-4-6-20)17-32-21-11-7-18(8-12-21)16-31-22-13-9-19(23(26)15-22)10-14-25(29)33-27/h2-9,11-13,15H,10,14,16-17,27H2,1H3/b28-24+. The Balaban J connectivity index is 1.52. The molecule has 0 saturated heterocycles. The summed E-state index contributed by atoms with van der Waals surface area (Å²) in [5, 5.41) is 4.04. The van der Waals surface area contributed by atoms with Crippen LogP contribution in [-0.4, -0.2) is 25.4 Å². The number of nitrogens with zero attached hydrogens (tertiary/aromatic N) is 1. The highest BCUT2D eigenvalue weighted by atomic mass is 19.1. The lowest BCUT2D eigenvalue weighted by Gasteiger charge is -2.11. The van der Waals surface area contributed by atoms with Crippen LogP contribution in [0.3, 0.4) is 0 Å². The number of carbonyl (C=O) groups excluding carboxylic acids is 1. The number of aryl methyl sites for hydroxylation is 1. The Bertz CT molecular complexity index is 1070. The second-order valence-electron chi connectivity index (χ2n) is 7.05. The van der Waals surface area contributed by atoms with Crippen LogP contribution in [0.15, 0.2) is 78.0 Å². The summed E-state index contributed by atoms with van der Waals surface area (Å²) in [6, 6.07) is 21.6. The molecule has 0 aliphatic rings. The summed E-state index contributed by atoms with van der Waals surface area (Å²) >= 11 is 0. The lowest BCUT2D eigenvalue weighted by molar-refractivity contribution is -0.144. The summed E-state index contributed by atoms with van der Waals surface area (Å²) in [7, 11) is 1.49. The van der Waals surface area contributed by atoms with Gasteiger partial charge in [-0.3, -0.25) is 4.79 Å². The quantitative estimate of drug-likeness (QED) is 0.347. The zero-order valence-corrected chi connectivity index (χ0v) is 18.2. The van der Waals surface area contributed by atoms with Crippen LogP contribution in [0.5, 0.6) is 11.5 Å². The number of nitrogens with two attached hydrogens (primary N) is 1. The van der Waals surface area contributed by atoms with Gasteiger partial charge in [0.05, 0.1) is 6.42 Å². The van der Waals surface area contributed by atoms with Crippen LogP contribution in [0.1, 0.15) is 23.1 Å². The first-order chi connectivity index (χ1) is 16.1. The highest BCUT2D eigenvalue weighted by Crippen LogP contribution is 2.20. The Morgan fingerprint density at radius 1 is 0.970 bits per heavy atom. The Kier molecular flexibility index (Phi) is 8.79. The van der Waals surface area contributed by atoms with Gasteiger partial charge in [0.2, 0.25) is 0 Å². The number of rotatable bonds is 11. The summed E-state index contributed by atoms with van der Waals surface area (Å²) in [6.07, 6.45) is 0.205. The smallest absolute Gasteiger partial charge is 0.324 e. The normalized spacial score (nSPS) is 11.1. The molecule has 0 aromatic heterocycles. The Labute approximate surface area is 191 Å². The third kappa shape index (κ3) is 7.33. The van der Waals surface area contributed by atoms with Crippen molar-refractivity contribution < 1.29 is 28.3 Å². The van der Waals surface area contributed by atoms with Gasteiger partial charge in [-0.2, -0.15) is 5.90 Å². The van der Waals surface area contributed by atoms with Crippen LogP contribution in [0.25, 0.3) is 0 Å². The molecule has 0 radical (unpaired) electrons. The molecule has 0 aliphatic carbocycles. The third-order valence-electron chi connectivity index (χ3n) is 4.77. The third-order valence-corrected chi connectivity index (χ3v) is 4.77. The first kappa shape index (κ1) is 23.7. The minimum atomic E-state index is -0.593. The van der Waals surface area contributed by atoms with Crippen molar-refractivity contribution in [1.82, 2.24) is 0 Å². The van der Waals surface area contributed by atoms with Crippen molar-refractivity contribution in [3.05, 3.63) is 95.3 Å². The first-order valence-corrected chi connectivity index (χ1v) is 10.3. The van der Waals surface area contributed by atoms with Crippen molar-refractivity contribution in [1.29, 1.82) is 0 Å². The topological polar surface area (TPSA) is 92.4 Å². The minimum Gasteiger partial charge on any atom is -0.489 e. The molecule has 0 aliphatic heterocycles. The summed E-state index contributed by atoms with van der Waals surface area (Å²) in [5.74, 6) is 4.80. The van der Waals surface area contributed by atoms with Crippen LogP contribution in [0.2, 0.25) is 0 Å². The largest absolute Gasteiger partial charge is 0.489 e. The lowest BCUT2D eigenvalue weighted by Crippen LogP contribution is -2.13. The predicted molar refractivity (Wildman–Crippen MR) is 121 cm³/mol. The van der Waals surface area contributed by atoms with Gasteiger partial charge < -0.3 is 19.1 Å². The molecule has 0 atom stereocenters. The predicted octanol–water partition coefficient (Wildman–Crippen LogP) is 4.18. The molecule has 0 heterocycles. The molecular formula is C25H25FN2O5. The van der Waals surface area contributed by atoms with Crippen LogP contribution < -0.4 is 15.4 Å². The van der Waals surface area contributed by atoms with E-state index < -0.39 is 11.8 Å². The number of ether oxygens (including phenoxy) is 2. The number of hydrogen-bond donors (Lipinski definition) is 1. The molecular weight excluding hydrogens is 427 g/mol. The summed E-state index contributed by atoms with van der Waals surface area (Å²) in [6.45, 7) is 0.515. The molecule has 0 fully saturated rings. The zero-order valence-electron chi connectivity index (χ0n) is 18.2. The minimum absolute atomic E-state index is 0.00616. The van der Waals surface area contributed by atoms with Crippen LogP contribution in [0.4, 0.5) is 4.39 Å². The SMILES string of the molecule is CO/N=C(\COc1ccc(COc2ccc(CCC(=O)ON)c(F)c2)cc1)c1ccccc1. The van der Waals surface area contributed by atoms with E-state index in [1.165, 1.54) is 13.2 Å². The maximum absolute atomic E-state index is 14.2. The second-order valence-corrected chi connectivity index (χ2v) is 7.05. The molecule has 2 N–H and O–H groups in total. The average molecular weight is 452 g/mol. The van der Waals surface area contributed by atoms with Gasteiger partial charge in [0.1, 0.15) is 43.4 Å². The molecule has 0 unspecified atom stereocenters. The van der Waals surface area contributed by atoms with Gasteiger partial charge in [0, 0.05) is 11.6 Å². The second kappa shape index (κ2) is 12.2. The van der Waals surface area contributed by atoms with Gasteiger partial charge >= 0.3 is 5.97 Å². The summed E-state index contributed by atoms with van der Waals surface area (Å²) < 4.78 is 25.7. The summed E-state index contributed by atoms with van der Waals surface area (Å²) in [5.41, 5.74) is 2.88. The maximum Gasteiger partial charge on any atom is 0.324 e. The summed E-state index contributed by atoms with van der Waals surface area (Å²) in [4.78, 5) is 20.1. The molecule has 0 spiro atoms. The van der Waals surface area contributed by atoms with Gasteiger partial charge in [-0.05, 0) is 35.7 Å². The van der Waals surface area contributed by atoms with E-state index in [1.807, 2.05) is 54.6 Å². The van der Waals surface area contributed by atoms with Gasteiger partial charge in [-0.25, -0.2) is 4.39 Å². The molecule has 172 valence electrons. The van der Waals surface area contributed by atoms with E-state index in [4.69, 9.17) is 20.2 Å². The molecule has 3 aromatic rings. The highest BCUT2D eigenvalue weighted by molar-refractivity contribution is 6.01. The van der Waals surface area contributed by atoms with E-state index in [9.17, 15) is 9.18 Å². The lowest BCUT2D eigenvalue weighted by atomic mass is 10.1.